The Kier molecular flexibility index (Phi) is 7.97. The lowest BCUT2D eigenvalue weighted by Crippen LogP contribution is -2.27. The number of anilines is 2. The minimum atomic E-state index is -0.366. The number of rotatable bonds is 7. The van der Waals surface area contributed by atoms with E-state index in [1.54, 1.807) is 72.8 Å². The summed E-state index contributed by atoms with van der Waals surface area (Å²) in [4.78, 5) is 27.2. The molecule has 6 nitrogen and oxygen atoms in total. The van der Waals surface area contributed by atoms with Gasteiger partial charge in [0, 0.05) is 5.02 Å². The first-order chi connectivity index (χ1) is 16.9. The molecule has 1 N–H and O–H groups in total. The number of hydrogen-bond acceptors (Lipinski definition) is 6. The molecule has 0 unspecified atom stereocenters. The third-order valence-electron chi connectivity index (χ3n) is 4.87. The molecule has 3 aromatic carbocycles. The highest BCUT2D eigenvalue weighted by molar-refractivity contribution is 8.27. The van der Waals surface area contributed by atoms with E-state index in [9.17, 15) is 9.59 Å². The highest BCUT2D eigenvalue weighted by Gasteiger charge is 2.33. The van der Waals surface area contributed by atoms with Gasteiger partial charge in [-0.25, -0.2) is 0 Å². The molecule has 1 aliphatic rings. The smallest absolute Gasteiger partial charge is 0.270 e. The number of carbonyl (C=O) groups excluding carboxylic acids is 2. The molecule has 0 aromatic heterocycles. The van der Waals surface area contributed by atoms with Crippen molar-refractivity contribution < 1.29 is 19.1 Å². The summed E-state index contributed by atoms with van der Waals surface area (Å²) >= 11 is 18.6. The molecule has 0 spiro atoms. The largest absolute Gasteiger partial charge is 0.493 e. The quantitative estimate of drug-likeness (QED) is 0.273. The van der Waals surface area contributed by atoms with Gasteiger partial charge in [0.2, 0.25) is 0 Å². The number of thiocarbonyl (C=S) groups is 1. The maximum atomic E-state index is 13.0. The van der Waals surface area contributed by atoms with Crippen LogP contribution in [0.25, 0.3) is 6.08 Å². The Morgan fingerprint density at radius 3 is 2.54 bits per heavy atom. The van der Waals surface area contributed by atoms with Gasteiger partial charge in [-0.1, -0.05) is 65.4 Å². The second kappa shape index (κ2) is 11.1. The molecule has 0 aliphatic carbocycles. The van der Waals surface area contributed by atoms with Gasteiger partial charge in [-0.05, 0) is 60.2 Å². The molecule has 2 amide bonds. The van der Waals surface area contributed by atoms with Crippen LogP contribution in [0.3, 0.4) is 0 Å². The van der Waals surface area contributed by atoms with Crippen LogP contribution in [0, 0.1) is 0 Å². The lowest BCUT2D eigenvalue weighted by Gasteiger charge is -2.14. The standard InChI is InChI=1S/C25H18Cl2N2O4S2/c1-32-21-12-15(6-11-20(21)33-14-23(30)28-19-5-3-2-4-18(19)27)13-22-24(31)29(25(34)35-22)17-9-7-16(26)8-10-17/h2-13H,14H2,1H3,(H,28,30)/b22-13-. The fraction of sp³-hybridized carbons (Fsp3) is 0.0800. The minimum absolute atomic E-state index is 0.224. The van der Waals surface area contributed by atoms with Crippen LogP contribution in [0.4, 0.5) is 11.4 Å². The Hall–Kier alpha value is -3.04. The molecule has 0 atom stereocenters. The Labute approximate surface area is 221 Å². The second-order valence-electron chi connectivity index (χ2n) is 7.22. The number of carbonyl (C=O) groups is 2. The molecule has 4 rings (SSSR count). The van der Waals surface area contributed by atoms with Crippen molar-refractivity contribution in [3.05, 3.63) is 87.2 Å². The molecule has 1 saturated heterocycles. The number of amides is 2. The van der Waals surface area contributed by atoms with Crippen LogP contribution < -0.4 is 19.7 Å². The van der Waals surface area contributed by atoms with E-state index in [0.29, 0.717) is 47.7 Å². The third-order valence-corrected chi connectivity index (χ3v) is 6.75. The molecule has 3 aromatic rings. The molecule has 0 bridgehead atoms. The van der Waals surface area contributed by atoms with E-state index in [1.165, 1.54) is 23.8 Å². The lowest BCUT2D eigenvalue weighted by molar-refractivity contribution is -0.118. The summed E-state index contributed by atoms with van der Waals surface area (Å²) in [7, 11) is 1.50. The van der Waals surface area contributed by atoms with E-state index in [4.69, 9.17) is 44.9 Å². The number of nitrogens with one attached hydrogen (secondary N) is 1. The normalized spacial score (nSPS) is 14.4. The zero-order valence-electron chi connectivity index (χ0n) is 18.3. The van der Waals surface area contributed by atoms with Crippen LogP contribution in [0.2, 0.25) is 10.0 Å². The maximum absolute atomic E-state index is 13.0. The number of para-hydroxylation sites is 1. The van der Waals surface area contributed by atoms with Gasteiger partial charge in [0.1, 0.15) is 0 Å². The molecule has 10 heteroatoms. The number of methoxy groups -OCH3 is 1. The van der Waals surface area contributed by atoms with E-state index in [2.05, 4.69) is 5.32 Å². The number of ether oxygens (including phenoxy) is 2. The van der Waals surface area contributed by atoms with Crippen LogP contribution in [-0.2, 0) is 9.59 Å². The first-order valence-corrected chi connectivity index (χ1v) is 12.2. The van der Waals surface area contributed by atoms with Crippen molar-refractivity contribution >= 4 is 80.8 Å². The van der Waals surface area contributed by atoms with E-state index in [-0.39, 0.29) is 18.4 Å². The number of benzene rings is 3. The zero-order chi connectivity index (χ0) is 24.9. The number of hydrogen-bond donors (Lipinski definition) is 1. The fourth-order valence-corrected chi connectivity index (χ4v) is 4.83. The topological polar surface area (TPSA) is 67.9 Å². The van der Waals surface area contributed by atoms with Crippen molar-refractivity contribution in [2.45, 2.75) is 0 Å². The van der Waals surface area contributed by atoms with Crippen LogP contribution in [0.1, 0.15) is 5.56 Å². The van der Waals surface area contributed by atoms with Gasteiger partial charge < -0.3 is 14.8 Å². The molecular weight excluding hydrogens is 527 g/mol. The third kappa shape index (κ3) is 5.97. The van der Waals surface area contributed by atoms with E-state index < -0.39 is 0 Å². The molecule has 1 fully saturated rings. The molecular formula is C25H18Cl2N2O4S2. The van der Waals surface area contributed by atoms with Crippen LogP contribution in [0.5, 0.6) is 11.5 Å². The van der Waals surface area contributed by atoms with Gasteiger partial charge in [0.25, 0.3) is 11.8 Å². The zero-order valence-corrected chi connectivity index (χ0v) is 21.4. The van der Waals surface area contributed by atoms with Crippen LogP contribution >= 0.6 is 47.2 Å². The summed E-state index contributed by atoms with van der Waals surface area (Å²) in [5.41, 5.74) is 1.86. The summed E-state index contributed by atoms with van der Waals surface area (Å²) in [6, 6.07) is 19.0. The summed E-state index contributed by atoms with van der Waals surface area (Å²) < 4.78 is 11.5. The average molecular weight is 545 g/mol. The Bertz CT molecular complexity index is 1330. The van der Waals surface area contributed by atoms with Crippen molar-refractivity contribution in [2.75, 3.05) is 23.9 Å². The number of thioether (sulfide) groups is 1. The van der Waals surface area contributed by atoms with Gasteiger partial charge in [0.15, 0.2) is 22.4 Å². The molecule has 1 heterocycles. The monoisotopic (exact) mass is 544 g/mol. The Balaban J connectivity index is 1.45. The predicted octanol–water partition coefficient (Wildman–Crippen LogP) is 6.43. The van der Waals surface area contributed by atoms with Gasteiger partial charge in [-0.3, -0.25) is 14.5 Å². The summed E-state index contributed by atoms with van der Waals surface area (Å²) in [6.07, 6.45) is 1.73. The van der Waals surface area contributed by atoms with Gasteiger partial charge in [0.05, 0.1) is 28.4 Å². The Morgan fingerprint density at radius 2 is 1.83 bits per heavy atom. The first kappa shape index (κ1) is 25.1. The van der Waals surface area contributed by atoms with E-state index in [0.717, 1.165) is 0 Å². The van der Waals surface area contributed by atoms with Crippen molar-refractivity contribution in [2.24, 2.45) is 0 Å². The van der Waals surface area contributed by atoms with Crippen molar-refractivity contribution in [1.82, 2.24) is 0 Å². The van der Waals surface area contributed by atoms with Gasteiger partial charge in [-0.15, -0.1) is 0 Å². The Morgan fingerprint density at radius 1 is 1.09 bits per heavy atom. The molecule has 0 radical (unpaired) electrons. The first-order valence-electron chi connectivity index (χ1n) is 10.2. The molecule has 35 heavy (non-hydrogen) atoms. The highest BCUT2D eigenvalue weighted by atomic mass is 35.5. The van der Waals surface area contributed by atoms with Crippen molar-refractivity contribution in [3.8, 4) is 11.5 Å². The fourth-order valence-electron chi connectivity index (χ4n) is 3.22. The molecule has 178 valence electrons. The SMILES string of the molecule is COc1cc(/C=C2\SC(=S)N(c3ccc(Cl)cc3)C2=O)ccc1OCC(=O)Nc1ccccc1Cl. The average Bonchev–Trinajstić information content (AvgIpc) is 3.12. The number of nitrogens with zero attached hydrogens (tertiary/aromatic N) is 1. The summed E-state index contributed by atoms with van der Waals surface area (Å²) in [6.45, 7) is -0.235. The highest BCUT2D eigenvalue weighted by Crippen LogP contribution is 2.37. The minimum Gasteiger partial charge on any atom is -0.493 e. The van der Waals surface area contributed by atoms with Gasteiger partial charge in [-0.2, -0.15) is 0 Å². The summed E-state index contributed by atoms with van der Waals surface area (Å²) in [5, 5.41) is 3.71. The second-order valence-corrected chi connectivity index (χ2v) is 9.74. The van der Waals surface area contributed by atoms with Crippen molar-refractivity contribution in [1.29, 1.82) is 0 Å². The molecule has 1 aliphatic heterocycles. The predicted molar refractivity (Wildman–Crippen MR) is 146 cm³/mol. The van der Waals surface area contributed by atoms with E-state index in [1.807, 2.05) is 0 Å². The summed E-state index contributed by atoms with van der Waals surface area (Å²) in [5.74, 6) is 0.207. The van der Waals surface area contributed by atoms with Gasteiger partial charge >= 0.3 is 0 Å². The van der Waals surface area contributed by atoms with Crippen molar-refractivity contribution in [3.63, 3.8) is 0 Å². The van der Waals surface area contributed by atoms with Crippen LogP contribution in [-0.4, -0.2) is 29.9 Å². The molecule has 0 saturated carbocycles. The maximum Gasteiger partial charge on any atom is 0.270 e. The lowest BCUT2D eigenvalue weighted by atomic mass is 10.2. The van der Waals surface area contributed by atoms with E-state index >= 15 is 0 Å². The number of halogens is 2. The van der Waals surface area contributed by atoms with Crippen LogP contribution in [0.15, 0.2) is 71.6 Å².